The van der Waals surface area contributed by atoms with Gasteiger partial charge in [-0.1, -0.05) is 36.4 Å². The van der Waals surface area contributed by atoms with Gasteiger partial charge in [-0.25, -0.2) is 0 Å². The molecule has 1 saturated heterocycles. The second kappa shape index (κ2) is 9.63. The predicted molar refractivity (Wildman–Crippen MR) is 119 cm³/mol. The molecule has 1 N–H and O–H groups in total. The Balaban J connectivity index is 1.48. The first-order chi connectivity index (χ1) is 14.7. The lowest BCUT2D eigenvalue weighted by Crippen LogP contribution is -2.45. The molecule has 1 unspecified atom stereocenters. The number of aliphatic hydroxyl groups excluding tert-OH is 1. The fraction of sp³-hybridized carbons (Fsp3) is 0.480. The molecule has 5 heteroatoms. The van der Waals surface area contributed by atoms with Crippen molar-refractivity contribution in [2.45, 2.75) is 38.7 Å². The highest BCUT2D eigenvalue weighted by molar-refractivity contribution is 5.73. The van der Waals surface area contributed by atoms with E-state index >= 15 is 0 Å². The summed E-state index contributed by atoms with van der Waals surface area (Å²) in [7, 11) is 0. The number of ether oxygens (including phenoxy) is 1. The summed E-state index contributed by atoms with van der Waals surface area (Å²) in [4.78, 5) is 16.6. The van der Waals surface area contributed by atoms with E-state index in [0.717, 1.165) is 32.2 Å². The van der Waals surface area contributed by atoms with Gasteiger partial charge >= 0.3 is 5.97 Å². The maximum absolute atomic E-state index is 12.1. The summed E-state index contributed by atoms with van der Waals surface area (Å²) in [5.41, 5.74) is 5.01. The van der Waals surface area contributed by atoms with Gasteiger partial charge in [-0.15, -0.1) is 0 Å². The standard InChI is InChI=1S/C25H32N2O3/c1-2-30-25(29)21-10-7-15-26(16-21)17-22(28)18-27-23-11-5-3-8-19(23)13-14-20-9-4-6-12-24(20)27/h3-6,8-9,11-12,21-22,28H,2,7,10,13-18H2,1H3/t21-,22?/m1/s1. The number of carbonyl (C=O) groups excluding carboxylic acids is 1. The average molecular weight is 409 g/mol. The number of hydrogen-bond donors (Lipinski definition) is 1. The number of anilines is 2. The van der Waals surface area contributed by atoms with Crippen LogP contribution in [0, 0.1) is 5.92 Å². The van der Waals surface area contributed by atoms with E-state index in [4.69, 9.17) is 4.74 Å². The van der Waals surface area contributed by atoms with Crippen LogP contribution in [-0.2, 0) is 22.4 Å². The second-order valence-electron chi connectivity index (χ2n) is 8.37. The SMILES string of the molecule is CCOC(=O)[C@@H]1CCCN(CC(O)CN2c3ccccc3CCc3ccccc32)C1. The quantitative estimate of drug-likeness (QED) is 0.741. The molecule has 0 spiro atoms. The minimum absolute atomic E-state index is 0.0782. The van der Waals surface area contributed by atoms with Crippen LogP contribution < -0.4 is 4.90 Å². The normalized spacial score (nSPS) is 20.1. The number of likely N-dealkylation sites (tertiary alicyclic amines) is 1. The molecule has 0 saturated carbocycles. The number of aryl methyl sites for hydroxylation is 2. The van der Waals surface area contributed by atoms with Crippen molar-refractivity contribution in [3.8, 4) is 0 Å². The zero-order valence-corrected chi connectivity index (χ0v) is 17.8. The van der Waals surface area contributed by atoms with Crippen LogP contribution in [0.2, 0.25) is 0 Å². The van der Waals surface area contributed by atoms with Gasteiger partial charge in [0.05, 0.1) is 25.2 Å². The van der Waals surface area contributed by atoms with E-state index in [2.05, 4.69) is 58.3 Å². The molecule has 2 heterocycles. The molecule has 0 aromatic heterocycles. The Morgan fingerprint density at radius 3 is 2.33 bits per heavy atom. The fourth-order valence-electron chi connectivity index (χ4n) is 4.81. The number of fused-ring (bicyclic) bond motifs is 2. The smallest absolute Gasteiger partial charge is 0.310 e. The highest BCUT2D eigenvalue weighted by Gasteiger charge is 2.29. The van der Waals surface area contributed by atoms with Gasteiger partial charge in [0.1, 0.15) is 0 Å². The fourth-order valence-corrected chi connectivity index (χ4v) is 4.81. The van der Waals surface area contributed by atoms with Gasteiger partial charge in [-0.2, -0.15) is 0 Å². The van der Waals surface area contributed by atoms with Crippen LogP contribution in [-0.4, -0.2) is 54.9 Å². The van der Waals surface area contributed by atoms with E-state index in [1.54, 1.807) is 0 Å². The monoisotopic (exact) mass is 408 g/mol. The van der Waals surface area contributed by atoms with Crippen molar-refractivity contribution in [2.75, 3.05) is 37.7 Å². The molecule has 2 aliphatic heterocycles. The summed E-state index contributed by atoms with van der Waals surface area (Å²) in [6, 6.07) is 17.0. The maximum atomic E-state index is 12.1. The molecule has 0 bridgehead atoms. The Labute approximate surface area is 179 Å². The maximum Gasteiger partial charge on any atom is 0.310 e. The van der Waals surface area contributed by atoms with Gasteiger partial charge in [0.25, 0.3) is 0 Å². The predicted octanol–water partition coefficient (Wildman–Crippen LogP) is 3.56. The Bertz CT molecular complexity index is 821. The molecular weight excluding hydrogens is 376 g/mol. The lowest BCUT2D eigenvalue weighted by molar-refractivity contribution is -0.150. The molecule has 2 aromatic rings. The first-order valence-electron chi connectivity index (χ1n) is 11.2. The van der Waals surface area contributed by atoms with E-state index in [1.165, 1.54) is 22.5 Å². The zero-order valence-electron chi connectivity index (χ0n) is 17.8. The summed E-state index contributed by atoms with van der Waals surface area (Å²) in [6.07, 6.45) is 3.34. The van der Waals surface area contributed by atoms with Crippen LogP contribution in [0.1, 0.15) is 30.9 Å². The number of carbonyl (C=O) groups is 1. The number of β-amino-alcohol motifs (C(OH)–C–C–N with tert-alkyl or cyclic N) is 1. The third-order valence-electron chi connectivity index (χ3n) is 6.22. The Hall–Kier alpha value is -2.37. The van der Waals surface area contributed by atoms with E-state index in [9.17, 15) is 9.90 Å². The van der Waals surface area contributed by atoms with Gasteiger partial charge in [0.15, 0.2) is 0 Å². The number of esters is 1. The lowest BCUT2D eigenvalue weighted by atomic mass is 9.98. The molecule has 160 valence electrons. The zero-order chi connectivity index (χ0) is 20.9. The number of nitrogens with zero attached hydrogens (tertiary/aromatic N) is 2. The summed E-state index contributed by atoms with van der Waals surface area (Å²) in [5.74, 6) is -0.183. The highest BCUT2D eigenvalue weighted by atomic mass is 16.5. The van der Waals surface area contributed by atoms with E-state index < -0.39 is 6.10 Å². The average Bonchev–Trinajstić information content (AvgIpc) is 2.92. The minimum atomic E-state index is -0.509. The van der Waals surface area contributed by atoms with Crippen LogP contribution in [0.5, 0.6) is 0 Å². The summed E-state index contributed by atoms with van der Waals surface area (Å²) in [6.45, 7) is 4.96. The lowest BCUT2D eigenvalue weighted by Gasteiger charge is -2.35. The van der Waals surface area contributed by atoms with Crippen LogP contribution in [0.3, 0.4) is 0 Å². The second-order valence-corrected chi connectivity index (χ2v) is 8.37. The van der Waals surface area contributed by atoms with E-state index in [0.29, 0.717) is 26.2 Å². The summed E-state index contributed by atoms with van der Waals surface area (Å²) in [5, 5.41) is 11.0. The van der Waals surface area contributed by atoms with Gasteiger partial charge in [0, 0.05) is 24.5 Å². The van der Waals surface area contributed by atoms with Gasteiger partial charge < -0.3 is 14.7 Å². The Morgan fingerprint density at radius 2 is 1.70 bits per heavy atom. The van der Waals surface area contributed by atoms with Crippen LogP contribution in [0.25, 0.3) is 0 Å². The number of piperidine rings is 1. The molecule has 2 aliphatic rings. The highest BCUT2D eigenvalue weighted by Crippen LogP contribution is 2.36. The van der Waals surface area contributed by atoms with Gasteiger partial charge in [-0.05, 0) is 62.4 Å². The molecule has 1 fully saturated rings. The van der Waals surface area contributed by atoms with Crippen molar-refractivity contribution in [3.63, 3.8) is 0 Å². The Kier molecular flexibility index (Phi) is 6.70. The van der Waals surface area contributed by atoms with E-state index in [1.807, 2.05) is 6.92 Å². The van der Waals surface area contributed by atoms with E-state index in [-0.39, 0.29) is 11.9 Å². The van der Waals surface area contributed by atoms with Crippen LogP contribution in [0.4, 0.5) is 11.4 Å². The first-order valence-corrected chi connectivity index (χ1v) is 11.2. The molecule has 5 nitrogen and oxygen atoms in total. The van der Waals surface area contributed by atoms with Gasteiger partial charge in [-0.3, -0.25) is 9.69 Å². The summed E-state index contributed by atoms with van der Waals surface area (Å²) >= 11 is 0. The first kappa shape index (κ1) is 20.9. The molecule has 0 amide bonds. The van der Waals surface area contributed by atoms with Crippen molar-refractivity contribution < 1.29 is 14.6 Å². The van der Waals surface area contributed by atoms with Gasteiger partial charge in [0.2, 0.25) is 0 Å². The van der Waals surface area contributed by atoms with Crippen molar-refractivity contribution in [2.24, 2.45) is 5.92 Å². The van der Waals surface area contributed by atoms with Crippen molar-refractivity contribution in [1.29, 1.82) is 0 Å². The Morgan fingerprint density at radius 1 is 1.07 bits per heavy atom. The topological polar surface area (TPSA) is 53.0 Å². The minimum Gasteiger partial charge on any atom is -0.466 e. The third kappa shape index (κ3) is 4.68. The number of rotatable bonds is 6. The number of aliphatic hydroxyl groups is 1. The molecule has 4 rings (SSSR count). The molecule has 0 aliphatic carbocycles. The summed E-state index contributed by atoms with van der Waals surface area (Å²) < 4.78 is 5.21. The van der Waals surface area contributed by atoms with Crippen molar-refractivity contribution in [3.05, 3.63) is 59.7 Å². The van der Waals surface area contributed by atoms with Crippen molar-refractivity contribution in [1.82, 2.24) is 4.90 Å². The number of benzene rings is 2. The van der Waals surface area contributed by atoms with Crippen molar-refractivity contribution >= 4 is 17.3 Å². The van der Waals surface area contributed by atoms with Crippen LogP contribution in [0.15, 0.2) is 48.5 Å². The number of para-hydroxylation sites is 2. The van der Waals surface area contributed by atoms with Crippen LogP contribution >= 0.6 is 0 Å². The molecule has 2 aromatic carbocycles. The largest absolute Gasteiger partial charge is 0.466 e. The molecular formula is C25H32N2O3. The number of hydrogen-bond acceptors (Lipinski definition) is 5. The molecule has 30 heavy (non-hydrogen) atoms. The molecule has 2 atom stereocenters. The third-order valence-corrected chi connectivity index (χ3v) is 6.22. The molecule has 0 radical (unpaired) electrons.